The summed E-state index contributed by atoms with van der Waals surface area (Å²) in [5.74, 6) is -0.536. The van der Waals surface area contributed by atoms with Crippen LogP contribution < -0.4 is 0 Å². The minimum absolute atomic E-state index is 0.00233. The van der Waals surface area contributed by atoms with Crippen LogP contribution in [0, 0.1) is 12.7 Å². The number of halogens is 1. The molecule has 1 saturated heterocycles. The summed E-state index contributed by atoms with van der Waals surface area (Å²) >= 11 is 0. The number of aromatic amines is 1. The fourth-order valence-electron chi connectivity index (χ4n) is 3.32. The van der Waals surface area contributed by atoms with Crippen molar-refractivity contribution in [2.75, 3.05) is 18.1 Å². The largest absolute Gasteiger partial charge is 0.356 e. The van der Waals surface area contributed by atoms with E-state index >= 15 is 0 Å². The Bertz CT molecular complexity index is 873. The lowest BCUT2D eigenvalue weighted by Gasteiger charge is -2.27. The zero-order chi connectivity index (χ0) is 16.8. The lowest BCUT2D eigenvalue weighted by Crippen LogP contribution is -2.41. The van der Waals surface area contributed by atoms with Gasteiger partial charge in [-0.25, -0.2) is 12.8 Å². The van der Waals surface area contributed by atoms with Gasteiger partial charge in [-0.3, -0.25) is 4.79 Å². The number of carbonyl (C=O) groups is 1. The summed E-state index contributed by atoms with van der Waals surface area (Å²) < 4.78 is 37.3. The van der Waals surface area contributed by atoms with E-state index in [4.69, 9.17) is 0 Å². The number of sulfone groups is 1. The smallest absolute Gasteiger partial charge is 0.256 e. The van der Waals surface area contributed by atoms with Crippen LogP contribution in [0.2, 0.25) is 0 Å². The van der Waals surface area contributed by atoms with Crippen molar-refractivity contribution in [3.63, 3.8) is 0 Å². The van der Waals surface area contributed by atoms with Crippen molar-refractivity contribution in [1.82, 2.24) is 9.88 Å². The van der Waals surface area contributed by atoms with E-state index in [2.05, 4.69) is 4.98 Å². The predicted molar refractivity (Wildman–Crippen MR) is 86.8 cm³/mol. The molecule has 1 fully saturated rings. The predicted octanol–water partition coefficient (Wildman–Crippen LogP) is 2.26. The van der Waals surface area contributed by atoms with Crippen LogP contribution in [0.15, 0.2) is 18.2 Å². The maximum absolute atomic E-state index is 13.9. The summed E-state index contributed by atoms with van der Waals surface area (Å²) in [6.07, 6.45) is 0.456. The first-order valence-corrected chi connectivity index (χ1v) is 9.44. The quantitative estimate of drug-likeness (QED) is 0.933. The number of fused-ring (bicyclic) bond motifs is 1. The number of hydrogen-bond donors (Lipinski definition) is 1. The number of rotatable bonds is 3. The van der Waals surface area contributed by atoms with Gasteiger partial charge in [0.15, 0.2) is 9.84 Å². The number of hydrogen-bond acceptors (Lipinski definition) is 3. The van der Waals surface area contributed by atoms with E-state index in [1.807, 2.05) is 6.92 Å². The van der Waals surface area contributed by atoms with Gasteiger partial charge in [0, 0.05) is 23.7 Å². The molecule has 1 unspecified atom stereocenters. The molecule has 2 aromatic rings. The molecule has 1 N–H and O–H groups in total. The third kappa shape index (κ3) is 2.73. The summed E-state index contributed by atoms with van der Waals surface area (Å²) in [6, 6.07) is 4.30. The third-order valence-electron chi connectivity index (χ3n) is 4.44. The second-order valence-corrected chi connectivity index (χ2v) is 8.16. The monoisotopic (exact) mass is 338 g/mol. The lowest BCUT2D eigenvalue weighted by molar-refractivity contribution is 0.0709. The molecule has 1 aromatic carbocycles. The molecular weight excluding hydrogens is 319 g/mol. The van der Waals surface area contributed by atoms with Crippen LogP contribution in [-0.2, 0) is 9.84 Å². The van der Waals surface area contributed by atoms with Gasteiger partial charge >= 0.3 is 0 Å². The first-order chi connectivity index (χ1) is 10.8. The molecule has 5 nitrogen and oxygen atoms in total. The molecule has 1 aliphatic rings. The average Bonchev–Trinajstić information content (AvgIpc) is 3.00. The number of nitrogens with zero attached hydrogens (tertiary/aromatic N) is 1. The van der Waals surface area contributed by atoms with Crippen molar-refractivity contribution in [1.29, 1.82) is 0 Å². The molecule has 0 saturated carbocycles. The molecule has 0 aliphatic carbocycles. The van der Waals surface area contributed by atoms with Crippen LogP contribution in [-0.4, -0.2) is 48.3 Å². The number of H-pyrrole nitrogens is 1. The highest BCUT2D eigenvalue weighted by atomic mass is 32.2. The van der Waals surface area contributed by atoms with Gasteiger partial charge in [-0.2, -0.15) is 0 Å². The molecule has 2 heterocycles. The van der Waals surface area contributed by atoms with E-state index in [-0.39, 0.29) is 23.5 Å². The molecular formula is C16H19FN2O3S. The molecule has 1 aromatic heterocycles. The maximum Gasteiger partial charge on any atom is 0.256 e. The van der Waals surface area contributed by atoms with E-state index in [0.29, 0.717) is 35.1 Å². The highest BCUT2D eigenvalue weighted by molar-refractivity contribution is 7.91. The van der Waals surface area contributed by atoms with E-state index in [0.717, 1.165) is 0 Å². The van der Waals surface area contributed by atoms with Crippen LogP contribution >= 0.6 is 0 Å². The van der Waals surface area contributed by atoms with Gasteiger partial charge in [-0.1, -0.05) is 12.1 Å². The van der Waals surface area contributed by atoms with Gasteiger partial charge in [0.25, 0.3) is 5.91 Å². The number of aryl methyl sites for hydroxylation is 1. The first-order valence-electron chi connectivity index (χ1n) is 7.62. The van der Waals surface area contributed by atoms with Gasteiger partial charge in [-0.15, -0.1) is 0 Å². The van der Waals surface area contributed by atoms with Gasteiger partial charge in [0.2, 0.25) is 0 Å². The zero-order valence-electron chi connectivity index (χ0n) is 13.1. The number of nitrogens with one attached hydrogen (secondary N) is 1. The van der Waals surface area contributed by atoms with E-state index in [1.165, 1.54) is 6.07 Å². The van der Waals surface area contributed by atoms with Crippen molar-refractivity contribution in [2.24, 2.45) is 0 Å². The molecule has 23 heavy (non-hydrogen) atoms. The topological polar surface area (TPSA) is 70.2 Å². The molecule has 1 atom stereocenters. The van der Waals surface area contributed by atoms with Crippen molar-refractivity contribution in [3.05, 3.63) is 35.3 Å². The zero-order valence-corrected chi connectivity index (χ0v) is 13.9. The van der Waals surface area contributed by atoms with Crippen LogP contribution in [0.3, 0.4) is 0 Å². The fraction of sp³-hybridized carbons (Fsp3) is 0.438. The summed E-state index contributed by atoms with van der Waals surface area (Å²) in [4.78, 5) is 17.5. The number of aromatic nitrogens is 1. The molecule has 3 rings (SSSR count). The molecule has 0 spiro atoms. The Morgan fingerprint density at radius 2 is 2.17 bits per heavy atom. The molecule has 1 aliphatic heterocycles. The summed E-state index contributed by atoms with van der Waals surface area (Å²) in [6.45, 7) is 3.97. The van der Waals surface area contributed by atoms with Gasteiger partial charge < -0.3 is 9.88 Å². The van der Waals surface area contributed by atoms with E-state index in [9.17, 15) is 17.6 Å². The van der Waals surface area contributed by atoms with Crippen molar-refractivity contribution < 1.29 is 17.6 Å². The maximum atomic E-state index is 13.9. The minimum atomic E-state index is -3.07. The van der Waals surface area contributed by atoms with Gasteiger partial charge in [0.1, 0.15) is 5.82 Å². The van der Waals surface area contributed by atoms with E-state index in [1.54, 1.807) is 24.0 Å². The summed E-state index contributed by atoms with van der Waals surface area (Å²) in [5, 5.41) is 0.534. The van der Waals surface area contributed by atoms with Crippen molar-refractivity contribution in [2.45, 2.75) is 26.3 Å². The number of amides is 1. The van der Waals surface area contributed by atoms with Crippen LogP contribution in [0.4, 0.5) is 4.39 Å². The average molecular weight is 338 g/mol. The van der Waals surface area contributed by atoms with Gasteiger partial charge in [0.05, 0.1) is 22.6 Å². The Hall–Kier alpha value is -1.89. The SMILES string of the molecule is CCN(C(=O)c1c(C)[nH]c2c(F)cccc12)C1CCS(=O)(=O)C1. The lowest BCUT2D eigenvalue weighted by atomic mass is 10.1. The standard InChI is InChI=1S/C16H19FN2O3S/c1-3-19(11-7-8-23(21,22)9-11)16(20)14-10(2)18-15-12(14)5-4-6-13(15)17/h4-6,11,18H,3,7-9H2,1-2H3. The Morgan fingerprint density at radius 3 is 2.78 bits per heavy atom. The highest BCUT2D eigenvalue weighted by Gasteiger charge is 2.35. The molecule has 1 amide bonds. The Labute approximate surface area is 134 Å². The van der Waals surface area contributed by atoms with Crippen molar-refractivity contribution >= 4 is 26.6 Å². The molecule has 0 bridgehead atoms. The third-order valence-corrected chi connectivity index (χ3v) is 6.19. The fourth-order valence-corrected chi connectivity index (χ4v) is 5.05. The van der Waals surface area contributed by atoms with Crippen LogP contribution in [0.1, 0.15) is 29.4 Å². The molecule has 7 heteroatoms. The highest BCUT2D eigenvalue weighted by Crippen LogP contribution is 2.27. The second kappa shape index (κ2) is 5.63. The Balaban J connectivity index is 2.02. The summed E-state index contributed by atoms with van der Waals surface area (Å²) in [7, 11) is -3.07. The Morgan fingerprint density at radius 1 is 1.43 bits per heavy atom. The van der Waals surface area contributed by atoms with Gasteiger partial charge in [-0.05, 0) is 26.3 Å². The minimum Gasteiger partial charge on any atom is -0.356 e. The number of para-hydroxylation sites is 1. The normalized spacial score (nSPS) is 20.0. The van der Waals surface area contributed by atoms with Crippen molar-refractivity contribution in [3.8, 4) is 0 Å². The second-order valence-electron chi connectivity index (χ2n) is 5.94. The first kappa shape index (κ1) is 16.0. The number of benzene rings is 1. The Kier molecular flexibility index (Phi) is 3.91. The molecule has 124 valence electrons. The van der Waals surface area contributed by atoms with Crippen LogP contribution in [0.25, 0.3) is 10.9 Å². The number of carbonyl (C=O) groups excluding carboxylic acids is 1. The van der Waals surface area contributed by atoms with E-state index < -0.39 is 15.7 Å². The molecule has 0 radical (unpaired) electrons. The summed E-state index contributed by atoms with van der Waals surface area (Å²) in [5.41, 5.74) is 1.32. The van der Waals surface area contributed by atoms with Crippen LogP contribution in [0.5, 0.6) is 0 Å².